The van der Waals surface area contributed by atoms with Gasteiger partial charge in [0, 0.05) is 18.3 Å². The van der Waals surface area contributed by atoms with Gasteiger partial charge in [0.2, 0.25) is 0 Å². The molecule has 2 aromatic rings. The van der Waals surface area contributed by atoms with Gasteiger partial charge in [-0.15, -0.1) is 5.10 Å². The second kappa shape index (κ2) is 4.74. The molecule has 1 aromatic heterocycles. The largest absolute Gasteiger partial charge is 0.366 e. The fourth-order valence-electron chi connectivity index (χ4n) is 2.66. The third-order valence-electron chi connectivity index (χ3n) is 3.83. The molecule has 0 saturated heterocycles. The Labute approximate surface area is 118 Å². The van der Waals surface area contributed by atoms with Crippen molar-refractivity contribution in [3.05, 3.63) is 36.0 Å². The van der Waals surface area contributed by atoms with Crippen molar-refractivity contribution in [1.29, 1.82) is 0 Å². The van der Waals surface area contributed by atoms with E-state index in [1.807, 2.05) is 0 Å². The minimum atomic E-state index is 0.577. The van der Waals surface area contributed by atoms with Crippen LogP contribution in [-0.2, 0) is 6.42 Å². The quantitative estimate of drug-likeness (QED) is 0.926. The van der Waals surface area contributed by atoms with Gasteiger partial charge in [-0.2, -0.15) is 10.1 Å². The SMILES string of the molecule is c1ccc2c(c1)CCCN2c1nncc(NC2CC2)n1. The van der Waals surface area contributed by atoms with Gasteiger partial charge in [-0.05, 0) is 37.3 Å². The van der Waals surface area contributed by atoms with Gasteiger partial charge in [0.25, 0.3) is 5.95 Å². The number of nitrogens with one attached hydrogen (secondary N) is 1. The molecule has 1 aromatic carbocycles. The average molecular weight is 267 g/mol. The van der Waals surface area contributed by atoms with Crippen molar-refractivity contribution in [1.82, 2.24) is 15.2 Å². The lowest BCUT2D eigenvalue weighted by molar-refractivity contribution is 0.741. The van der Waals surface area contributed by atoms with Crippen LogP contribution < -0.4 is 10.2 Å². The molecular weight excluding hydrogens is 250 g/mol. The van der Waals surface area contributed by atoms with Crippen molar-refractivity contribution in [3.8, 4) is 0 Å². The van der Waals surface area contributed by atoms with Crippen LogP contribution in [0.5, 0.6) is 0 Å². The number of hydrogen-bond donors (Lipinski definition) is 1. The summed E-state index contributed by atoms with van der Waals surface area (Å²) in [5.74, 6) is 1.53. The molecule has 1 aliphatic heterocycles. The van der Waals surface area contributed by atoms with Gasteiger partial charge in [0.1, 0.15) is 0 Å². The standard InChI is InChI=1S/C15H17N5/c1-2-6-13-11(4-1)5-3-9-20(13)15-18-14(10-16-19-15)17-12-7-8-12/h1-2,4,6,10,12H,3,5,7-9H2,(H,17,18,19). The second-order valence-electron chi connectivity index (χ2n) is 5.44. The van der Waals surface area contributed by atoms with Gasteiger partial charge >= 0.3 is 0 Å². The molecule has 20 heavy (non-hydrogen) atoms. The number of aryl methyl sites for hydroxylation is 1. The molecule has 0 bridgehead atoms. The Morgan fingerprint density at radius 2 is 2.10 bits per heavy atom. The lowest BCUT2D eigenvalue weighted by atomic mass is 10.0. The summed E-state index contributed by atoms with van der Waals surface area (Å²) in [4.78, 5) is 6.79. The molecule has 0 spiro atoms. The van der Waals surface area contributed by atoms with Gasteiger partial charge in [-0.3, -0.25) is 0 Å². The lowest BCUT2D eigenvalue weighted by Gasteiger charge is -2.29. The topological polar surface area (TPSA) is 53.9 Å². The zero-order chi connectivity index (χ0) is 13.4. The number of aromatic nitrogens is 3. The van der Waals surface area contributed by atoms with Crippen LogP contribution in [0.1, 0.15) is 24.8 Å². The summed E-state index contributed by atoms with van der Waals surface area (Å²) >= 11 is 0. The molecule has 1 saturated carbocycles. The maximum Gasteiger partial charge on any atom is 0.251 e. The molecule has 0 atom stereocenters. The van der Waals surface area contributed by atoms with Gasteiger partial charge in [0.05, 0.1) is 6.20 Å². The minimum absolute atomic E-state index is 0.577. The first kappa shape index (κ1) is 11.6. The predicted octanol–water partition coefficient (Wildman–Crippen LogP) is 2.53. The molecular formula is C15H17N5. The molecule has 102 valence electrons. The highest BCUT2D eigenvalue weighted by Crippen LogP contribution is 2.31. The minimum Gasteiger partial charge on any atom is -0.366 e. The fourth-order valence-corrected chi connectivity index (χ4v) is 2.66. The first-order valence-corrected chi connectivity index (χ1v) is 7.22. The number of rotatable bonds is 3. The zero-order valence-corrected chi connectivity index (χ0v) is 11.3. The molecule has 0 amide bonds. The third-order valence-corrected chi connectivity index (χ3v) is 3.83. The maximum atomic E-state index is 4.62. The van der Waals surface area contributed by atoms with E-state index in [1.54, 1.807) is 6.20 Å². The molecule has 0 radical (unpaired) electrons. The highest BCUT2D eigenvalue weighted by atomic mass is 15.3. The van der Waals surface area contributed by atoms with Crippen molar-refractivity contribution in [3.63, 3.8) is 0 Å². The third kappa shape index (κ3) is 2.19. The summed E-state index contributed by atoms with van der Waals surface area (Å²) in [7, 11) is 0. The molecule has 5 heteroatoms. The lowest BCUT2D eigenvalue weighted by Crippen LogP contribution is -2.26. The smallest absolute Gasteiger partial charge is 0.251 e. The van der Waals surface area contributed by atoms with Gasteiger partial charge in [-0.1, -0.05) is 18.2 Å². The number of benzene rings is 1. The molecule has 4 rings (SSSR count). The summed E-state index contributed by atoms with van der Waals surface area (Å²) in [5, 5.41) is 11.7. The maximum absolute atomic E-state index is 4.62. The van der Waals surface area contributed by atoms with Gasteiger partial charge in [0.15, 0.2) is 5.82 Å². The van der Waals surface area contributed by atoms with Crippen molar-refractivity contribution in [2.75, 3.05) is 16.8 Å². The van der Waals surface area contributed by atoms with Crippen molar-refractivity contribution >= 4 is 17.5 Å². The Kier molecular flexibility index (Phi) is 2.76. The Bertz CT molecular complexity index is 623. The highest BCUT2D eigenvalue weighted by Gasteiger charge is 2.23. The summed E-state index contributed by atoms with van der Waals surface area (Å²) < 4.78 is 0. The van der Waals surface area contributed by atoms with Crippen LogP contribution in [0, 0.1) is 0 Å². The predicted molar refractivity (Wildman–Crippen MR) is 78.2 cm³/mol. The summed E-state index contributed by atoms with van der Waals surface area (Å²) in [6.45, 7) is 0.950. The van der Waals surface area contributed by atoms with Crippen LogP contribution in [0.2, 0.25) is 0 Å². The van der Waals surface area contributed by atoms with Crippen LogP contribution >= 0.6 is 0 Å². The molecule has 5 nitrogen and oxygen atoms in total. The van der Waals surface area contributed by atoms with E-state index in [0.29, 0.717) is 12.0 Å². The highest BCUT2D eigenvalue weighted by molar-refractivity contribution is 5.63. The summed E-state index contributed by atoms with van der Waals surface area (Å²) in [6.07, 6.45) is 6.41. The Hall–Kier alpha value is -2.17. The van der Waals surface area contributed by atoms with E-state index in [0.717, 1.165) is 25.2 Å². The van der Waals surface area contributed by atoms with Crippen molar-refractivity contribution in [2.24, 2.45) is 0 Å². The first-order valence-electron chi connectivity index (χ1n) is 7.22. The Balaban J connectivity index is 1.67. The van der Waals surface area contributed by atoms with E-state index in [4.69, 9.17) is 0 Å². The van der Waals surface area contributed by atoms with Crippen LogP contribution in [0.3, 0.4) is 0 Å². The number of nitrogens with zero attached hydrogens (tertiary/aromatic N) is 4. The zero-order valence-electron chi connectivity index (χ0n) is 11.3. The molecule has 2 aliphatic rings. The number of fused-ring (bicyclic) bond motifs is 1. The van der Waals surface area contributed by atoms with Crippen LogP contribution in [-0.4, -0.2) is 27.8 Å². The van der Waals surface area contributed by atoms with E-state index in [2.05, 4.69) is 49.7 Å². The second-order valence-corrected chi connectivity index (χ2v) is 5.44. The Morgan fingerprint density at radius 3 is 3.00 bits per heavy atom. The van der Waals surface area contributed by atoms with E-state index < -0.39 is 0 Å². The van der Waals surface area contributed by atoms with E-state index in [9.17, 15) is 0 Å². The average Bonchev–Trinajstić information content (AvgIpc) is 3.31. The van der Waals surface area contributed by atoms with Crippen molar-refractivity contribution in [2.45, 2.75) is 31.7 Å². The fraction of sp³-hybridized carbons (Fsp3) is 0.400. The molecule has 2 heterocycles. The normalized spacial score (nSPS) is 17.7. The molecule has 1 N–H and O–H groups in total. The summed E-state index contributed by atoms with van der Waals surface area (Å²) in [6, 6.07) is 9.05. The summed E-state index contributed by atoms with van der Waals surface area (Å²) in [5.41, 5.74) is 2.58. The molecule has 1 fully saturated rings. The van der Waals surface area contributed by atoms with E-state index in [-0.39, 0.29) is 0 Å². The molecule has 1 aliphatic carbocycles. The first-order chi connectivity index (χ1) is 9.90. The van der Waals surface area contributed by atoms with Gasteiger partial charge < -0.3 is 10.2 Å². The number of para-hydroxylation sites is 1. The van der Waals surface area contributed by atoms with Crippen molar-refractivity contribution < 1.29 is 0 Å². The number of hydrogen-bond acceptors (Lipinski definition) is 5. The van der Waals surface area contributed by atoms with Crippen LogP contribution in [0.15, 0.2) is 30.5 Å². The van der Waals surface area contributed by atoms with Crippen LogP contribution in [0.4, 0.5) is 17.5 Å². The van der Waals surface area contributed by atoms with Crippen LogP contribution in [0.25, 0.3) is 0 Å². The van der Waals surface area contributed by atoms with Gasteiger partial charge in [-0.25, -0.2) is 0 Å². The Morgan fingerprint density at radius 1 is 1.20 bits per heavy atom. The van der Waals surface area contributed by atoms with E-state index in [1.165, 1.54) is 24.1 Å². The number of anilines is 3. The molecule has 0 unspecified atom stereocenters. The van der Waals surface area contributed by atoms with E-state index >= 15 is 0 Å². The monoisotopic (exact) mass is 267 g/mol.